The van der Waals surface area contributed by atoms with E-state index in [2.05, 4.69) is 11.2 Å². The Hall–Kier alpha value is -1.79. The highest BCUT2D eigenvalue weighted by atomic mass is 16.5. The molecule has 0 radical (unpaired) electrons. The monoisotopic (exact) mass is 203 g/mol. The molecular weight excluding hydrogens is 190 g/mol. The third kappa shape index (κ3) is 3.84. The molecule has 1 aromatic rings. The number of rotatable bonds is 4. The Balaban J connectivity index is 2.50. The fourth-order valence-electron chi connectivity index (χ4n) is 1.07. The van der Waals surface area contributed by atoms with E-state index in [0.29, 0.717) is 13.0 Å². The fourth-order valence-corrected chi connectivity index (χ4v) is 1.07. The number of amides is 1. The van der Waals surface area contributed by atoms with Crippen LogP contribution in [0.3, 0.4) is 0 Å². The smallest absolute Gasteiger partial charge is 0.226 e. The van der Waals surface area contributed by atoms with Gasteiger partial charge in [0.2, 0.25) is 5.91 Å². The van der Waals surface area contributed by atoms with Crippen LogP contribution in [0.15, 0.2) is 24.3 Å². The van der Waals surface area contributed by atoms with Gasteiger partial charge in [0, 0.05) is 18.4 Å². The minimum absolute atomic E-state index is 0.0645. The Morgan fingerprint density at radius 1 is 1.47 bits per heavy atom. The maximum absolute atomic E-state index is 11.3. The van der Waals surface area contributed by atoms with Gasteiger partial charge >= 0.3 is 0 Å². The number of ether oxygens (including phenoxy) is 1. The number of benzene rings is 1. The summed E-state index contributed by atoms with van der Waals surface area (Å²) in [6.45, 7) is 0.425. The minimum Gasteiger partial charge on any atom is -0.384 e. The molecular formula is C12H13NO2. The number of terminal acetylenes is 1. The average Bonchev–Trinajstić information content (AvgIpc) is 2.27. The van der Waals surface area contributed by atoms with Crippen LogP contribution in [0.2, 0.25) is 0 Å². The molecule has 1 aromatic carbocycles. The van der Waals surface area contributed by atoms with Gasteiger partial charge in [0.05, 0.1) is 13.0 Å². The lowest BCUT2D eigenvalue weighted by Gasteiger charge is -2.04. The van der Waals surface area contributed by atoms with Gasteiger partial charge in [0.1, 0.15) is 0 Å². The van der Waals surface area contributed by atoms with Crippen LogP contribution in [-0.4, -0.2) is 19.6 Å². The van der Waals surface area contributed by atoms with Crippen LogP contribution >= 0.6 is 0 Å². The van der Waals surface area contributed by atoms with E-state index in [1.54, 1.807) is 31.4 Å². The first kappa shape index (κ1) is 11.3. The lowest BCUT2D eigenvalue weighted by atomic mass is 10.2. The first-order valence-corrected chi connectivity index (χ1v) is 4.61. The Kier molecular flexibility index (Phi) is 4.39. The zero-order valence-electron chi connectivity index (χ0n) is 8.62. The van der Waals surface area contributed by atoms with Crippen LogP contribution in [0.4, 0.5) is 5.69 Å². The molecule has 0 unspecified atom stereocenters. The highest BCUT2D eigenvalue weighted by Crippen LogP contribution is 2.08. The van der Waals surface area contributed by atoms with Crippen LogP contribution < -0.4 is 5.32 Å². The topological polar surface area (TPSA) is 38.3 Å². The number of anilines is 1. The van der Waals surface area contributed by atoms with Gasteiger partial charge in [-0.25, -0.2) is 0 Å². The number of hydrogen-bond donors (Lipinski definition) is 1. The normalized spacial score (nSPS) is 9.33. The van der Waals surface area contributed by atoms with Crippen molar-refractivity contribution in [3.63, 3.8) is 0 Å². The van der Waals surface area contributed by atoms with Crippen LogP contribution in [-0.2, 0) is 9.53 Å². The van der Waals surface area contributed by atoms with Crippen LogP contribution in [0, 0.1) is 12.3 Å². The number of methoxy groups -OCH3 is 1. The summed E-state index contributed by atoms with van der Waals surface area (Å²) in [7, 11) is 1.56. The van der Waals surface area contributed by atoms with E-state index < -0.39 is 0 Å². The number of hydrogen-bond acceptors (Lipinski definition) is 2. The Bertz CT molecular complexity index is 362. The van der Waals surface area contributed by atoms with Gasteiger partial charge in [0.25, 0.3) is 0 Å². The van der Waals surface area contributed by atoms with Gasteiger partial charge in [-0.3, -0.25) is 4.79 Å². The average molecular weight is 203 g/mol. The molecule has 0 atom stereocenters. The molecule has 0 aliphatic carbocycles. The molecule has 1 rings (SSSR count). The van der Waals surface area contributed by atoms with Crippen molar-refractivity contribution in [3.05, 3.63) is 29.8 Å². The zero-order valence-corrected chi connectivity index (χ0v) is 8.62. The molecule has 0 saturated carbocycles. The summed E-state index contributed by atoms with van der Waals surface area (Å²) in [4.78, 5) is 11.3. The van der Waals surface area contributed by atoms with Crippen molar-refractivity contribution >= 4 is 11.6 Å². The van der Waals surface area contributed by atoms with Crippen molar-refractivity contribution in [1.29, 1.82) is 0 Å². The van der Waals surface area contributed by atoms with Gasteiger partial charge in [-0.1, -0.05) is 5.92 Å². The predicted octanol–water partition coefficient (Wildman–Crippen LogP) is 1.64. The van der Waals surface area contributed by atoms with E-state index in [9.17, 15) is 4.79 Å². The van der Waals surface area contributed by atoms with Gasteiger partial charge in [-0.2, -0.15) is 0 Å². The summed E-state index contributed by atoms with van der Waals surface area (Å²) in [6, 6.07) is 7.12. The van der Waals surface area contributed by atoms with Crippen molar-refractivity contribution in [1.82, 2.24) is 0 Å². The van der Waals surface area contributed by atoms with E-state index in [1.807, 2.05) is 0 Å². The van der Waals surface area contributed by atoms with Crippen LogP contribution in [0.5, 0.6) is 0 Å². The lowest BCUT2D eigenvalue weighted by Crippen LogP contribution is -2.13. The Morgan fingerprint density at radius 3 is 2.67 bits per heavy atom. The molecule has 15 heavy (non-hydrogen) atoms. The Morgan fingerprint density at radius 2 is 2.13 bits per heavy atom. The molecule has 1 N–H and O–H groups in total. The molecule has 0 fully saturated rings. The molecule has 0 aliphatic heterocycles. The van der Waals surface area contributed by atoms with E-state index >= 15 is 0 Å². The van der Waals surface area contributed by atoms with E-state index in [-0.39, 0.29) is 5.91 Å². The third-order valence-corrected chi connectivity index (χ3v) is 1.87. The molecule has 3 nitrogen and oxygen atoms in total. The number of nitrogens with one attached hydrogen (secondary N) is 1. The van der Waals surface area contributed by atoms with Gasteiger partial charge in [-0.15, -0.1) is 6.42 Å². The molecule has 78 valence electrons. The second-order valence-corrected chi connectivity index (χ2v) is 3.01. The summed E-state index contributed by atoms with van der Waals surface area (Å²) in [6.07, 6.45) is 5.57. The van der Waals surface area contributed by atoms with E-state index in [4.69, 9.17) is 11.2 Å². The van der Waals surface area contributed by atoms with E-state index in [0.717, 1.165) is 11.3 Å². The summed E-state index contributed by atoms with van der Waals surface area (Å²) in [5.74, 6) is 2.44. The van der Waals surface area contributed by atoms with Crippen molar-refractivity contribution < 1.29 is 9.53 Å². The predicted molar refractivity (Wildman–Crippen MR) is 59.5 cm³/mol. The second kappa shape index (κ2) is 5.84. The molecule has 0 saturated heterocycles. The lowest BCUT2D eigenvalue weighted by molar-refractivity contribution is -0.117. The van der Waals surface area contributed by atoms with Crippen molar-refractivity contribution in [2.75, 3.05) is 19.0 Å². The molecule has 1 amide bonds. The van der Waals surface area contributed by atoms with Crippen LogP contribution in [0.25, 0.3) is 0 Å². The highest BCUT2D eigenvalue weighted by molar-refractivity contribution is 5.90. The maximum Gasteiger partial charge on any atom is 0.226 e. The molecule has 0 heterocycles. The molecule has 0 bridgehead atoms. The summed E-state index contributed by atoms with van der Waals surface area (Å²) in [5, 5.41) is 2.74. The first-order valence-electron chi connectivity index (χ1n) is 4.61. The number of carbonyl (C=O) groups excluding carboxylic acids is 1. The molecule has 3 heteroatoms. The third-order valence-electron chi connectivity index (χ3n) is 1.87. The van der Waals surface area contributed by atoms with Gasteiger partial charge in [0.15, 0.2) is 0 Å². The van der Waals surface area contributed by atoms with E-state index in [1.165, 1.54) is 0 Å². The first-order chi connectivity index (χ1) is 7.26. The largest absolute Gasteiger partial charge is 0.384 e. The molecule has 0 spiro atoms. The Labute approximate surface area is 89.4 Å². The van der Waals surface area contributed by atoms with Crippen molar-refractivity contribution in [3.8, 4) is 12.3 Å². The van der Waals surface area contributed by atoms with Crippen LogP contribution in [0.1, 0.15) is 12.0 Å². The second-order valence-electron chi connectivity index (χ2n) is 3.01. The quantitative estimate of drug-likeness (QED) is 0.755. The van der Waals surface area contributed by atoms with Gasteiger partial charge < -0.3 is 10.1 Å². The molecule has 0 aliphatic rings. The maximum atomic E-state index is 11.3. The SMILES string of the molecule is C#Cc1ccc(NC(=O)CCOC)cc1. The summed E-state index contributed by atoms with van der Waals surface area (Å²) < 4.78 is 4.80. The fraction of sp³-hybridized carbons (Fsp3) is 0.250. The van der Waals surface area contributed by atoms with Gasteiger partial charge in [-0.05, 0) is 24.3 Å². The highest BCUT2D eigenvalue weighted by Gasteiger charge is 2.00. The van der Waals surface area contributed by atoms with Crippen molar-refractivity contribution in [2.24, 2.45) is 0 Å². The zero-order chi connectivity index (χ0) is 11.1. The summed E-state index contributed by atoms with van der Waals surface area (Å²) >= 11 is 0. The van der Waals surface area contributed by atoms with Crippen molar-refractivity contribution in [2.45, 2.75) is 6.42 Å². The summed E-state index contributed by atoms with van der Waals surface area (Å²) in [5.41, 5.74) is 1.54. The number of carbonyl (C=O) groups is 1. The molecule has 0 aromatic heterocycles. The standard InChI is InChI=1S/C12H13NO2/c1-3-10-4-6-11(7-5-10)13-12(14)8-9-15-2/h1,4-7H,8-9H2,2H3,(H,13,14). The minimum atomic E-state index is -0.0645.